The molecule has 2 aromatic rings. The third-order valence-corrected chi connectivity index (χ3v) is 3.61. The summed E-state index contributed by atoms with van der Waals surface area (Å²) < 4.78 is 40.0. The van der Waals surface area contributed by atoms with E-state index in [4.69, 9.17) is 5.11 Å². The van der Waals surface area contributed by atoms with Crippen molar-refractivity contribution in [3.8, 4) is 0 Å². The highest BCUT2D eigenvalue weighted by Crippen LogP contribution is 2.55. The van der Waals surface area contributed by atoms with Gasteiger partial charge in [-0.25, -0.2) is 9.59 Å². The van der Waals surface area contributed by atoms with Crippen LogP contribution >= 0.6 is 0 Å². The number of rotatable bonds is 2. The second-order valence-electron chi connectivity index (χ2n) is 4.83. The SMILES string of the molecule is O=C(O)c1ccc2[nH]c(=O)n(C3(C(F)(F)F)CC3)c2c1. The van der Waals surface area contributed by atoms with Crippen molar-refractivity contribution in [3.05, 3.63) is 34.2 Å². The van der Waals surface area contributed by atoms with E-state index < -0.39 is 23.4 Å². The van der Waals surface area contributed by atoms with Crippen LogP contribution in [0.15, 0.2) is 23.0 Å². The summed E-state index contributed by atoms with van der Waals surface area (Å²) in [7, 11) is 0. The second-order valence-corrected chi connectivity index (χ2v) is 4.83. The van der Waals surface area contributed by atoms with Crippen molar-refractivity contribution in [1.82, 2.24) is 9.55 Å². The maximum absolute atomic E-state index is 13.1. The Hall–Kier alpha value is -2.25. The lowest BCUT2D eigenvalue weighted by molar-refractivity contribution is -0.179. The molecule has 0 amide bonds. The predicted molar refractivity (Wildman–Crippen MR) is 62.8 cm³/mol. The summed E-state index contributed by atoms with van der Waals surface area (Å²) in [6, 6.07) is 3.61. The van der Waals surface area contributed by atoms with Crippen molar-refractivity contribution >= 4 is 17.0 Å². The number of aromatic carboxylic acids is 1. The summed E-state index contributed by atoms with van der Waals surface area (Å²) in [5.41, 5.74) is -3.10. The van der Waals surface area contributed by atoms with E-state index in [1.807, 2.05) is 0 Å². The number of carboxylic acid groups (broad SMARTS) is 1. The lowest BCUT2D eigenvalue weighted by Crippen LogP contribution is -2.40. The Kier molecular flexibility index (Phi) is 2.33. The second kappa shape index (κ2) is 3.65. The van der Waals surface area contributed by atoms with Gasteiger partial charge in [0, 0.05) is 0 Å². The van der Waals surface area contributed by atoms with Crippen molar-refractivity contribution in [2.75, 3.05) is 0 Å². The summed E-state index contributed by atoms with van der Waals surface area (Å²) in [5.74, 6) is -1.26. The highest BCUT2D eigenvalue weighted by molar-refractivity contribution is 5.92. The van der Waals surface area contributed by atoms with Crippen LogP contribution in [0.3, 0.4) is 0 Å². The number of nitrogens with one attached hydrogen (secondary N) is 1. The number of halogens is 3. The minimum Gasteiger partial charge on any atom is -0.478 e. The standard InChI is InChI=1S/C12H9F3N2O3/c13-12(14,15)11(3-4-11)17-8-5-6(9(18)19)1-2-7(8)16-10(17)20/h1-2,5H,3-4H2,(H,16,20)(H,18,19). The largest absolute Gasteiger partial charge is 0.478 e. The van der Waals surface area contributed by atoms with Crippen molar-refractivity contribution in [1.29, 1.82) is 0 Å². The van der Waals surface area contributed by atoms with E-state index in [9.17, 15) is 22.8 Å². The number of alkyl halides is 3. The van der Waals surface area contributed by atoms with Crippen molar-refractivity contribution in [2.45, 2.75) is 24.6 Å². The van der Waals surface area contributed by atoms with Crippen LogP contribution in [0.1, 0.15) is 23.2 Å². The summed E-state index contributed by atoms with van der Waals surface area (Å²) in [6.07, 6.45) is -4.91. The third-order valence-electron chi connectivity index (χ3n) is 3.61. The summed E-state index contributed by atoms with van der Waals surface area (Å²) in [5, 5.41) is 8.90. The molecule has 20 heavy (non-hydrogen) atoms. The monoisotopic (exact) mass is 286 g/mol. The predicted octanol–water partition coefficient (Wildman–Crippen LogP) is 2.08. The van der Waals surface area contributed by atoms with Gasteiger partial charge < -0.3 is 10.1 Å². The Morgan fingerprint density at radius 2 is 2.00 bits per heavy atom. The van der Waals surface area contributed by atoms with Crippen molar-refractivity contribution < 1.29 is 23.1 Å². The number of hydrogen-bond acceptors (Lipinski definition) is 2. The fraction of sp³-hybridized carbons (Fsp3) is 0.333. The number of nitrogens with zero attached hydrogens (tertiary/aromatic N) is 1. The topological polar surface area (TPSA) is 75.1 Å². The molecule has 0 saturated heterocycles. The van der Waals surface area contributed by atoms with Gasteiger partial charge in [-0.15, -0.1) is 0 Å². The first-order chi connectivity index (χ1) is 9.26. The minimum absolute atomic E-state index is 0.0373. The lowest BCUT2D eigenvalue weighted by Gasteiger charge is -2.20. The molecule has 0 bridgehead atoms. The number of hydrogen-bond donors (Lipinski definition) is 2. The van der Waals surface area contributed by atoms with Gasteiger partial charge in [-0.3, -0.25) is 4.57 Å². The molecule has 1 aromatic heterocycles. The zero-order valence-electron chi connectivity index (χ0n) is 9.99. The van der Waals surface area contributed by atoms with Gasteiger partial charge in [-0.2, -0.15) is 13.2 Å². The Labute approximate surface area is 109 Å². The van der Waals surface area contributed by atoms with Crippen LogP contribution < -0.4 is 5.69 Å². The van der Waals surface area contributed by atoms with Gasteiger partial charge in [0.05, 0.1) is 16.6 Å². The van der Waals surface area contributed by atoms with Crippen LogP contribution in [-0.2, 0) is 5.54 Å². The molecule has 0 spiro atoms. The van der Waals surface area contributed by atoms with Crippen LogP contribution in [0, 0.1) is 0 Å². The smallest absolute Gasteiger partial charge is 0.412 e. The normalized spacial score (nSPS) is 17.4. The number of imidazole rings is 1. The molecule has 1 heterocycles. The molecule has 0 atom stereocenters. The third kappa shape index (κ3) is 1.57. The molecule has 8 heteroatoms. The van der Waals surface area contributed by atoms with E-state index in [0.717, 1.165) is 6.07 Å². The summed E-state index contributed by atoms with van der Waals surface area (Å²) in [4.78, 5) is 25.0. The van der Waals surface area contributed by atoms with Gasteiger partial charge in [0.1, 0.15) is 5.54 Å². The molecule has 1 aliphatic rings. The first kappa shape index (κ1) is 12.8. The van der Waals surface area contributed by atoms with Crippen molar-refractivity contribution in [2.24, 2.45) is 0 Å². The molecule has 1 fully saturated rings. The fourth-order valence-electron chi connectivity index (χ4n) is 2.41. The number of benzene rings is 1. The minimum atomic E-state index is -4.55. The van der Waals surface area contributed by atoms with Crippen LogP contribution in [0.25, 0.3) is 11.0 Å². The number of aromatic amines is 1. The average molecular weight is 286 g/mol. The zero-order valence-corrected chi connectivity index (χ0v) is 9.99. The molecule has 0 radical (unpaired) electrons. The quantitative estimate of drug-likeness (QED) is 0.887. The molecule has 0 aliphatic heterocycles. The van der Waals surface area contributed by atoms with Crippen LogP contribution in [-0.4, -0.2) is 26.8 Å². The van der Waals surface area contributed by atoms with E-state index in [2.05, 4.69) is 4.98 Å². The first-order valence-corrected chi connectivity index (χ1v) is 5.81. The maximum atomic E-state index is 13.1. The number of aromatic nitrogens is 2. The number of fused-ring (bicyclic) bond motifs is 1. The van der Waals surface area contributed by atoms with Gasteiger partial charge in [0.2, 0.25) is 0 Å². The van der Waals surface area contributed by atoms with Gasteiger partial charge >= 0.3 is 17.8 Å². The van der Waals surface area contributed by atoms with Crippen LogP contribution in [0.2, 0.25) is 0 Å². The van der Waals surface area contributed by atoms with Crippen LogP contribution in [0.5, 0.6) is 0 Å². The molecule has 5 nitrogen and oxygen atoms in total. The van der Waals surface area contributed by atoms with Gasteiger partial charge in [0.25, 0.3) is 0 Å². The van der Waals surface area contributed by atoms with Gasteiger partial charge in [0.15, 0.2) is 0 Å². The highest BCUT2D eigenvalue weighted by atomic mass is 19.4. The molecular weight excluding hydrogens is 277 g/mol. The average Bonchev–Trinajstić information content (AvgIpc) is 3.06. The van der Waals surface area contributed by atoms with E-state index in [-0.39, 0.29) is 29.4 Å². The Morgan fingerprint density at radius 3 is 2.50 bits per heavy atom. The van der Waals surface area contributed by atoms with E-state index >= 15 is 0 Å². The fourth-order valence-corrected chi connectivity index (χ4v) is 2.41. The lowest BCUT2D eigenvalue weighted by atomic mass is 10.2. The molecular formula is C12H9F3N2O3. The molecule has 3 rings (SSSR count). The number of H-pyrrole nitrogens is 1. The van der Waals surface area contributed by atoms with Crippen molar-refractivity contribution in [3.63, 3.8) is 0 Å². The first-order valence-electron chi connectivity index (χ1n) is 5.81. The highest BCUT2D eigenvalue weighted by Gasteiger charge is 2.66. The molecule has 1 aliphatic carbocycles. The van der Waals surface area contributed by atoms with Gasteiger partial charge in [-0.05, 0) is 31.0 Å². The summed E-state index contributed by atoms with van der Waals surface area (Å²) in [6.45, 7) is 0. The van der Waals surface area contributed by atoms with E-state index in [1.165, 1.54) is 12.1 Å². The van der Waals surface area contributed by atoms with Crippen LogP contribution in [0.4, 0.5) is 13.2 Å². The molecule has 1 aromatic carbocycles. The van der Waals surface area contributed by atoms with Gasteiger partial charge in [-0.1, -0.05) is 0 Å². The number of carbonyl (C=O) groups is 1. The molecule has 1 saturated carbocycles. The molecule has 0 unspecified atom stereocenters. The Bertz CT molecular complexity index is 768. The Morgan fingerprint density at radius 1 is 1.35 bits per heavy atom. The molecule has 106 valence electrons. The summed E-state index contributed by atoms with van der Waals surface area (Å²) >= 11 is 0. The van der Waals surface area contributed by atoms with E-state index in [1.54, 1.807) is 0 Å². The maximum Gasteiger partial charge on any atom is 0.412 e. The Balaban J connectivity index is 2.31. The number of carboxylic acids is 1. The molecule has 2 N–H and O–H groups in total. The van der Waals surface area contributed by atoms with E-state index in [0.29, 0.717) is 4.57 Å². The zero-order chi connectivity index (χ0) is 14.7.